The molecule has 0 amide bonds. The summed E-state index contributed by atoms with van der Waals surface area (Å²) in [6.07, 6.45) is 0. The molecule has 0 radical (unpaired) electrons. The average molecular weight is 415 g/mol. The highest BCUT2D eigenvalue weighted by molar-refractivity contribution is 9.10. The SMILES string of the molecule is Cc1cc(OCc2ccc([N+](=O)[O-])cc2Br)cc(C)c1Br. The van der Waals surface area contributed by atoms with Crippen molar-refractivity contribution in [3.05, 3.63) is 66.1 Å². The molecule has 0 aliphatic carbocycles. The maximum atomic E-state index is 10.7. The molecule has 110 valence electrons. The van der Waals surface area contributed by atoms with E-state index < -0.39 is 4.92 Å². The van der Waals surface area contributed by atoms with E-state index in [1.54, 1.807) is 6.07 Å². The molecule has 2 aromatic carbocycles. The minimum atomic E-state index is -0.420. The van der Waals surface area contributed by atoms with E-state index in [4.69, 9.17) is 4.74 Å². The molecule has 0 N–H and O–H groups in total. The number of halogens is 2. The van der Waals surface area contributed by atoms with Crippen LogP contribution in [0.4, 0.5) is 5.69 Å². The molecule has 6 heteroatoms. The van der Waals surface area contributed by atoms with Crippen molar-refractivity contribution in [2.24, 2.45) is 0 Å². The number of hydrogen-bond donors (Lipinski definition) is 0. The highest BCUT2D eigenvalue weighted by atomic mass is 79.9. The van der Waals surface area contributed by atoms with Crippen LogP contribution in [0.1, 0.15) is 16.7 Å². The van der Waals surface area contributed by atoms with Gasteiger partial charge in [-0.15, -0.1) is 0 Å². The Morgan fingerprint density at radius 1 is 1.14 bits per heavy atom. The molecule has 0 aliphatic rings. The second-order valence-corrected chi connectivity index (χ2v) is 6.34. The minimum Gasteiger partial charge on any atom is -0.489 e. The zero-order valence-corrected chi connectivity index (χ0v) is 14.7. The summed E-state index contributed by atoms with van der Waals surface area (Å²) in [6, 6.07) is 8.56. The first-order chi connectivity index (χ1) is 9.88. The second-order valence-electron chi connectivity index (χ2n) is 4.69. The molecule has 0 unspecified atom stereocenters. The van der Waals surface area contributed by atoms with Crippen LogP contribution in [0.15, 0.2) is 39.3 Å². The number of nitro benzene ring substituents is 1. The Kier molecular flexibility index (Phi) is 5.00. The molecule has 0 fully saturated rings. The van der Waals surface area contributed by atoms with E-state index in [0.29, 0.717) is 11.1 Å². The Labute approximate surface area is 139 Å². The van der Waals surface area contributed by atoms with Crippen molar-refractivity contribution in [3.8, 4) is 5.75 Å². The summed E-state index contributed by atoms with van der Waals surface area (Å²) in [7, 11) is 0. The molecular formula is C15H13Br2NO3. The Bertz CT molecular complexity index is 678. The monoisotopic (exact) mass is 413 g/mol. The van der Waals surface area contributed by atoms with Crippen molar-refractivity contribution in [1.29, 1.82) is 0 Å². The van der Waals surface area contributed by atoms with E-state index in [2.05, 4.69) is 31.9 Å². The zero-order valence-electron chi connectivity index (χ0n) is 11.5. The summed E-state index contributed by atoms with van der Waals surface area (Å²) in [5.74, 6) is 0.776. The maximum absolute atomic E-state index is 10.7. The number of ether oxygens (including phenoxy) is 1. The molecule has 0 aliphatic heterocycles. The minimum absolute atomic E-state index is 0.0564. The van der Waals surface area contributed by atoms with Crippen LogP contribution in [0.5, 0.6) is 5.75 Å². The molecule has 0 heterocycles. The molecule has 2 rings (SSSR count). The lowest BCUT2D eigenvalue weighted by Gasteiger charge is -2.11. The van der Waals surface area contributed by atoms with Crippen molar-refractivity contribution in [2.45, 2.75) is 20.5 Å². The fourth-order valence-corrected chi connectivity index (χ4v) is 2.63. The first kappa shape index (κ1) is 16.0. The van der Waals surface area contributed by atoms with Crippen molar-refractivity contribution in [1.82, 2.24) is 0 Å². The van der Waals surface area contributed by atoms with Gasteiger partial charge in [0, 0.05) is 26.6 Å². The van der Waals surface area contributed by atoms with Gasteiger partial charge < -0.3 is 4.74 Å². The van der Waals surface area contributed by atoms with E-state index in [-0.39, 0.29) is 5.69 Å². The number of non-ortho nitro benzene ring substituents is 1. The molecule has 21 heavy (non-hydrogen) atoms. The summed E-state index contributed by atoms with van der Waals surface area (Å²) in [6.45, 7) is 4.36. The predicted molar refractivity (Wildman–Crippen MR) is 88.7 cm³/mol. The Morgan fingerprint density at radius 3 is 2.29 bits per heavy atom. The second kappa shape index (κ2) is 6.58. The highest BCUT2D eigenvalue weighted by Gasteiger charge is 2.10. The van der Waals surface area contributed by atoms with Gasteiger partial charge in [0.15, 0.2) is 0 Å². The number of benzene rings is 2. The van der Waals surface area contributed by atoms with Crippen LogP contribution in [-0.4, -0.2) is 4.92 Å². The van der Waals surface area contributed by atoms with Crippen LogP contribution < -0.4 is 4.74 Å². The third-order valence-corrected chi connectivity index (χ3v) is 5.04. The van der Waals surface area contributed by atoms with Crippen LogP contribution in [0.25, 0.3) is 0 Å². The summed E-state index contributed by atoms with van der Waals surface area (Å²) >= 11 is 6.85. The summed E-state index contributed by atoms with van der Waals surface area (Å²) < 4.78 is 7.51. The van der Waals surface area contributed by atoms with Crippen LogP contribution in [0, 0.1) is 24.0 Å². The molecule has 0 saturated carbocycles. The van der Waals surface area contributed by atoms with Gasteiger partial charge >= 0.3 is 0 Å². The largest absolute Gasteiger partial charge is 0.489 e. The maximum Gasteiger partial charge on any atom is 0.270 e. The molecule has 0 bridgehead atoms. The number of nitrogens with zero attached hydrogens (tertiary/aromatic N) is 1. The van der Waals surface area contributed by atoms with Gasteiger partial charge in [0.25, 0.3) is 5.69 Å². The Balaban J connectivity index is 2.15. The fourth-order valence-electron chi connectivity index (χ4n) is 1.92. The number of hydrogen-bond acceptors (Lipinski definition) is 3. The lowest BCUT2D eigenvalue weighted by atomic mass is 10.1. The van der Waals surface area contributed by atoms with E-state index in [9.17, 15) is 10.1 Å². The summed E-state index contributed by atoms with van der Waals surface area (Å²) in [4.78, 5) is 10.3. The van der Waals surface area contributed by atoms with Crippen LogP contribution in [-0.2, 0) is 6.61 Å². The van der Waals surface area contributed by atoms with Gasteiger partial charge in [-0.25, -0.2) is 0 Å². The third-order valence-electron chi connectivity index (χ3n) is 3.05. The molecule has 2 aromatic rings. The van der Waals surface area contributed by atoms with E-state index >= 15 is 0 Å². The Hall–Kier alpha value is -1.40. The zero-order chi connectivity index (χ0) is 15.6. The predicted octanol–water partition coefficient (Wildman–Crippen LogP) is 5.32. The summed E-state index contributed by atoms with van der Waals surface area (Å²) in [5, 5.41) is 10.7. The first-order valence-corrected chi connectivity index (χ1v) is 7.79. The van der Waals surface area contributed by atoms with Crippen molar-refractivity contribution in [3.63, 3.8) is 0 Å². The van der Waals surface area contributed by atoms with E-state index in [0.717, 1.165) is 26.9 Å². The lowest BCUT2D eigenvalue weighted by Crippen LogP contribution is -1.98. The van der Waals surface area contributed by atoms with Gasteiger partial charge in [-0.1, -0.05) is 31.9 Å². The van der Waals surface area contributed by atoms with Crippen LogP contribution >= 0.6 is 31.9 Å². The average Bonchev–Trinajstić information content (AvgIpc) is 2.43. The Morgan fingerprint density at radius 2 is 1.76 bits per heavy atom. The number of nitro groups is 1. The molecular weight excluding hydrogens is 402 g/mol. The van der Waals surface area contributed by atoms with Crippen molar-refractivity contribution < 1.29 is 9.66 Å². The van der Waals surface area contributed by atoms with Crippen LogP contribution in [0.2, 0.25) is 0 Å². The smallest absolute Gasteiger partial charge is 0.270 e. The van der Waals surface area contributed by atoms with Gasteiger partial charge in [0.2, 0.25) is 0 Å². The standard InChI is InChI=1S/C15H13Br2NO3/c1-9-5-13(6-10(2)15(9)17)21-8-11-3-4-12(18(19)20)7-14(11)16/h3-7H,8H2,1-2H3. The molecule has 0 atom stereocenters. The van der Waals surface area contributed by atoms with E-state index in [1.807, 2.05) is 26.0 Å². The van der Waals surface area contributed by atoms with Gasteiger partial charge in [-0.2, -0.15) is 0 Å². The first-order valence-electron chi connectivity index (χ1n) is 6.21. The molecule has 4 nitrogen and oxygen atoms in total. The topological polar surface area (TPSA) is 52.4 Å². The van der Waals surface area contributed by atoms with Gasteiger partial charge in [-0.05, 0) is 43.2 Å². The number of rotatable bonds is 4. The van der Waals surface area contributed by atoms with Crippen molar-refractivity contribution >= 4 is 37.5 Å². The lowest BCUT2D eigenvalue weighted by molar-refractivity contribution is -0.384. The molecule has 0 saturated heterocycles. The van der Waals surface area contributed by atoms with Crippen molar-refractivity contribution in [2.75, 3.05) is 0 Å². The van der Waals surface area contributed by atoms with Gasteiger partial charge in [0.05, 0.1) is 4.92 Å². The normalized spacial score (nSPS) is 10.5. The quantitative estimate of drug-likeness (QED) is 0.502. The van der Waals surface area contributed by atoms with Crippen LogP contribution in [0.3, 0.4) is 0 Å². The summed E-state index contributed by atoms with van der Waals surface area (Å²) in [5.41, 5.74) is 3.13. The third kappa shape index (κ3) is 3.83. The highest BCUT2D eigenvalue weighted by Crippen LogP contribution is 2.28. The van der Waals surface area contributed by atoms with Gasteiger partial charge in [-0.3, -0.25) is 10.1 Å². The molecule has 0 aromatic heterocycles. The molecule has 0 spiro atoms. The van der Waals surface area contributed by atoms with E-state index in [1.165, 1.54) is 12.1 Å². The fraction of sp³-hybridized carbons (Fsp3) is 0.200. The number of aryl methyl sites for hydroxylation is 2. The van der Waals surface area contributed by atoms with Gasteiger partial charge in [0.1, 0.15) is 12.4 Å².